The van der Waals surface area contributed by atoms with Crippen LogP contribution in [0.3, 0.4) is 0 Å². The number of hydrogen-bond donors (Lipinski definition) is 1. The maximum Gasteiger partial charge on any atom is 0.143 e. The van der Waals surface area contributed by atoms with Gasteiger partial charge in [-0.05, 0) is 41.6 Å². The van der Waals surface area contributed by atoms with Crippen molar-refractivity contribution in [1.82, 2.24) is 15.0 Å². The Morgan fingerprint density at radius 3 is 3.00 bits per heavy atom. The molecule has 2 aromatic rings. The second-order valence-corrected chi connectivity index (χ2v) is 4.51. The molecule has 0 aliphatic rings. The van der Waals surface area contributed by atoms with Crippen molar-refractivity contribution in [3.8, 4) is 0 Å². The van der Waals surface area contributed by atoms with Crippen LogP contribution in [0.2, 0.25) is 0 Å². The zero-order chi connectivity index (χ0) is 11.4. The van der Waals surface area contributed by atoms with Gasteiger partial charge in [-0.15, -0.1) is 0 Å². The lowest BCUT2D eigenvalue weighted by Crippen LogP contribution is -2.05. The van der Waals surface area contributed by atoms with Gasteiger partial charge in [0, 0.05) is 11.9 Å². The van der Waals surface area contributed by atoms with Crippen molar-refractivity contribution in [2.75, 3.05) is 5.32 Å². The summed E-state index contributed by atoms with van der Waals surface area (Å²) in [4.78, 5) is 12.5. The van der Waals surface area contributed by atoms with Crippen LogP contribution in [0.4, 0.5) is 5.82 Å². The van der Waals surface area contributed by atoms with Gasteiger partial charge in [0.05, 0.1) is 15.8 Å². The van der Waals surface area contributed by atoms with E-state index in [1.54, 1.807) is 6.20 Å². The fraction of sp³-hybridized carbons (Fsp3) is 0.182. The largest absolute Gasteiger partial charge is 0.363 e. The number of rotatable bonds is 3. The van der Waals surface area contributed by atoms with E-state index in [0.29, 0.717) is 6.54 Å². The van der Waals surface area contributed by atoms with Gasteiger partial charge in [0.15, 0.2) is 0 Å². The predicted octanol–water partition coefficient (Wildman–Crippen LogP) is 2.40. The van der Waals surface area contributed by atoms with Crippen molar-refractivity contribution < 1.29 is 0 Å². The molecule has 0 fully saturated rings. The number of hydrogen-bond acceptors (Lipinski definition) is 4. The summed E-state index contributed by atoms with van der Waals surface area (Å²) in [6.07, 6.45) is 3.31. The molecule has 0 aliphatic heterocycles. The second kappa shape index (κ2) is 5.20. The summed E-state index contributed by atoms with van der Waals surface area (Å²) in [6, 6.07) is 5.98. The molecule has 1 N–H and O–H groups in total. The van der Waals surface area contributed by atoms with Crippen LogP contribution >= 0.6 is 22.6 Å². The van der Waals surface area contributed by atoms with Crippen LogP contribution in [-0.2, 0) is 6.54 Å². The number of nitrogens with one attached hydrogen (secondary N) is 1. The molecule has 0 aromatic carbocycles. The highest BCUT2D eigenvalue weighted by molar-refractivity contribution is 14.1. The van der Waals surface area contributed by atoms with Gasteiger partial charge < -0.3 is 5.32 Å². The van der Waals surface area contributed by atoms with E-state index in [-0.39, 0.29) is 0 Å². The van der Waals surface area contributed by atoms with E-state index in [1.165, 1.54) is 6.33 Å². The molecule has 4 nitrogen and oxygen atoms in total. The first-order valence-electron chi connectivity index (χ1n) is 4.87. The first kappa shape index (κ1) is 11.3. The van der Waals surface area contributed by atoms with Gasteiger partial charge in [-0.1, -0.05) is 6.07 Å². The molecule has 82 valence electrons. The third kappa shape index (κ3) is 2.88. The number of halogens is 1. The predicted molar refractivity (Wildman–Crippen MR) is 71.0 cm³/mol. The van der Waals surface area contributed by atoms with Gasteiger partial charge in [0.25, 0.3) is 0 Å². The van der Waals surface area contributed by atoms with E-state index >= 15 is 0 Å². The highest BCUT2D eigenvalue weighted by atomic mass is 127. The Kier molecular flexibility index (Phi) is 3.66. The van der Waals surface area contributed by atoms with Gasteiger partial charge in [-0.25, -0.2) is 9.97 Å². The fourth-order valence-corrected chi connectivity index (χ4v) is 1.81. The van der Waals surface area contributed by atoms with Crippen molar-refractivity contribution in [2.24, 2.45) is 0 Å². The summed E-state index contributed by atoms with van der Waals surface area (Å²) in [6.45, 7) is 2.66. The zero-order valence-electron chi connectivity index (χ0n) is 8.81. The molecule has 16 heavy (non-hydrogen) atoms. The van der Waals surface area contributed by atoms with E-state index in [4.69, 9.17) is 0 Å². The zero-order valence-corrected chi connectivity index (χ0v) is 11.0. The summed E-state index contributed by atoms with van der Waals surface area (Å²) >= 11 is 2.20. The lowest BCUT2D eigenvalue weighted by molar-refractivity contribution is 0.994. The summed E-state index contributed by atoms with van der Waals surface area (Å²) in [7, 11) is 0. The molecule has 2 heterocycles. The van der Waals surface area contributed by atoms with Gasteiger partial charge in [-0.3, -0.25) is 4.98 Å². The molecule has 5 heteroatoms. The first-order valence-corrected chi connectivity index (χ1v) is 5.95. The summed E-state index contributed by atoms with van der Waals surface area (Å²) < 4.78 is 1.01. The summed E-state index contributed by atoms with van der Waals surface area (Å²) in [5.74, 6) is 0.846. The van der Waals surface area contributed by atoms with Crippen LogP contribution in [0.25, 0.3) is 0 Å². The highest BCUT2D eigenvalue weighted by Gasteiger charge is 2.00. The third-order valence-electron chi connectivity index (χ3n) is 2.05. The molecule has 0 bridgehead atoms. The number of aromatic nitrogens is 3. The Morgan fingerprint density at radius 2 is 2.25 bits per heavy atom. The normalized spacial score (nSPS) is 10.1. The molecule has 0 radical (unpaired) electrons. The molecular formula is C11H11IN4. The Labute approximate surface area is 108 Å². The lowest BCUT2D eigenvalue weighted by Gasteiger charge is -2.06. The minimum absolute atomic E-state index is 0.675. The van der Waals surface area contributed by atoms with Crippen molar-refractivity contribution in [2.45, 2.75) is 13.5 Å². The molecular weight excluding hydrogens is 315 g/mol. The Balaban J connectivity index is 2.05. The number of aryl methyl sites for hydroxylation is 1. The maximum absolute atomic E-state index is 4.41. The quantitative estimate of drug-likeness (QED) is 0.880. The van der Waals surface area contributed by atoms with Crippen LogP contribution in [0.1, 0.15) is 11.4 Å². The Bertz CT molecular complexity index is 487. The second-order valence-electron chi connectivity index (χ2n) is 3.34. The molecule has 2 rings (SSSR count). The molecule has 0 spiro atoms. The Morgan fingerprint density at radius 1 is 1.38 bits per heavy atom. The highest BCUT2D eigenvalue weighted by Crippen LogP contribution is 2.13. The average molecular weight is 326 g/mol. The van der Waals surface area contributed by atoms with Crippen LogP contribution in [0.5, 0.6) is 0 Å². The van der Waals surface area contributed by atoms with E-state index < -0.39 is 0 Å². The van der Waals surface area contributed by atoms with Gasteiger partial charge in [0.1, 0.15) is 12.1 Å². The van der Waals surface area contributed by atoms with Crippen LogP contribution in [0, 0.1) is 10.5 Å². The van der Waals surface area contributed by atoms with Crippen LogP contribution in [-0.4, -0.2) is 15.0 Å². The SMILES string of the molecule is Cc1cccc(CNc2ncncc2I)n1. The van der Waals surface area contributed by atoms with E-state index in [1.807, 2.05) is 25.1 Å². The third-order valence-corrected chi connectivity index (χ3v) is 2.84. The van der Waals surface area contributed by atoms with Crippen molar-refractivity contribution >= 4 is 28.4 Å². The molecule has 0 amide bonds. The van der Waals surface area contributed by atoms with Crippen molar-refractivity contribution in [3.63, 3.8) is 0 Å². The lowest BCUT2D eigenvalue weighted by atomic mass is 10.3. The molecule has 0 saturated heterocycles. The summed E-state index contributed by atoms with van der Waals surface area (Å²) in [5, 5.41) is 3.24. The van der Waals surface area contributed by atoms with Crippen molar-refractivity contribution in [1.29, 1.82) is 0 Å². The fourth-order valence-electron chi connectivity index (χ4n) is 1.31. The van der Waals surface area contributed by atoms with Crippen LogP contribution < -0.4 is 5.32 Å². The van der Waals surface area contributed by atoms with Crippen molar-refractivity contribution in [3.05, 3.63) is 45.7 Å². The molecule has 0 aliphatic carbocycles. The average Bonchev–Trinajstić information content (AvgIpc) is 2.28. The molecule has 2 aromatic heterocycles. The minimum atomic E-state index is 0.675. The van der Waals surface area contributed by atoms with E-state index in [9.17, 15) is 0 Å². The standard InChI is InChI=1S/C11H11IN4/c1-8-3-2-4-9(16-8)5-14-11-10(12)6-13-7-15-11/h2-4,6-7H,5H2,1H3,(H,13,14,15). The van der Waals surface area contributed by atoms with Gasteiger partial charge >= 0.3 is 0 Å². The summed E-state index contributed by atoms with van der Waals surface area (Å²) in [5.41, 5.74) is 2.03. The van der Waals surface area contributed by atoms with Gasteiger partial charge in [-0.2, -0.15) is 0 Å². The number of anilines is 1. The number of pyridine rings is 1. The molecule has 0 atom stereocenters. The smallest absolute Gasteiger partial charge is 0.143 e. The molecule has 0 saturated carbocycles. The van der Waals surface area contributed by atoms with E-state index in [0.717, 1.165) is 20.8 Å². The topological polar surface area (TPSA) is 50.7 Å². The first-order chi connectivity index (χ1) is 7.75. The van der Waals surface area contributed by atoms with Gasteiger partial charge in [0.2, 0.25) is 0 Å². The number of nitrogens with zero attached hydrogens (tertiary/aromatic N) is 3. The minimum Gasteiger partial charge on any atom is -0.363 e. The van der Waals surface area contributed by atoms with Crippen LogP contribution in [0.15, 0.2) is 30.7 Å². The monoisotopic (exact) mass is 326 g/mol. The maximum atomic E-state index is 4.41. The Hall–Kier alpha value is -1.24. The van der Waals surface area contributed by atoms with E-state index in [2.05, 4.69) is 42.9 Å². The molecule has 0 unspecified atom stereocenters.